The molecule has 0 aliphatic carbocycles. The lowest BCUT2D eigenvalue weighted by Crippen LogP contribution is -2.41. The summed E-state index contributed by atoms with van der Waals surface area (Å²) >= 11 is 0. The van der Waals surface area contributed by atoms with Gasteiger partial charge in [0.1, 0.15) is 0 Å². The van der Waals surface area contributed by atoms with Gasteiger partial charge in [0, 0.05) is 26.3 Å². The molecule has 6 heteroatoms. The number of amides is 1. The third-order valence-electron chi connectivity index (χ3n) is 3.49. The van der Waals surface area contributed by atoms with Gasteiger partial charge in [0.15, 0.2) is 0 Å². The number of nitrogen functional groups attached to an aromatic ring is 1. The number of nitrogens with one attached hydrogen (secondary N) is 2. The number of hydrogen-bond acceptors (Lipinski definition) is 5. The lowest BCUT2D eigenvalue weighted by atomic mass is 9.97. The maximum Gasteiger partial charge on any atom is 0.224 e. The van der Waals surface area contributed by atoms with Gasteiger partial charge in [-0.25, -0.2) is 0 Å². The molecule has 1 saturated heterocycles. The monoisotopic (exact) mass is 263 g/mol. The molecule has 1 atom stereocenters. The molecule has 6 nitrogen and oxygen atoms in total. The first-order valence-corrected chi connectivity index (χ1v) is 6.58. The third kappa shape index (κ3) is 3.65. The molecule has 1 aliphatic rings. The predicted octanol–water partition coefficient (Wildman–Crippen LogP) is 0.325. The largest absolute Gasteiger partial charge is 0.359 e. The number of piperidine rings is 1. The zero-order chi connectivity index (χ0) is 13.7. The molecule has 1 fully saturated rings. The van der Waals surface area contributed by atoms with Crippen molar-refractivity contribution in [2.45, 2.75) is 19.4 Å². The van der Waals surface area contributed by atoms with Crippen molar-refractivity contribution < 1.29 is 4.79 Å². The summed E-state index contributed by atoms with van der Waals surface area (Å²) in [7, 11) is 1.69. The molecule has 1 unspecified atom stereocenters. The fourth-order valence-electron chi connectivity index (χ4n) is 2.50. The molecule has 1 amide bonds. The molecule has 1 aliphatic heterocycles. The molecule has 1 aromatic rings. The van der Waals surface area contributed by atoms with Crippen LogP contribution >= 0.6 is 0 Å². The molecule has 2 rings (SSSR count). The van der Waals surface area contributed by atoms with E-state index in [1.54, 1.807) is 13.2 Å². The first-order valence-electron chi connectivity index (χ1n) is 6.58. The normalized spacial score (nSPS) is 20.0. The molecule has 0 radical (unpaired) electrons. The van der Waals surface area contributed by atoms with Crippen molar-refractivity contribution in [3.05, 3.63) is 24.0 Å². The van der Waals surface area contributed by atoms with E-state index in [9.17, 15) is 4.79 Å². The van der Waals surface area contributed by atoms with Gasteiger partial charge >= 0.3 is 0 Å². The fraction of sp³-hybridized carbons (Fsp3) is 0.538. The SMILES string of the molecule is CNC(=O)C1CCCN(Cc2cc(NN)ccn2)C1. The third-order valence-corrected chi connectivity index (χ3v) is 3.49. The van der Waals surface area contributed by atoms with E-state index in [0.29, 0.717) is 0 Å². The molecule has 0 spiro atoms. The van der Waals surface area contributed by atoms with Gasteiger partial charge < -0.3 is 10.7 Å². The number of likely N-dealkylation sites (tertiary alicyclic amines) is 1. The average molecular weight is 263 g/mol. The minimum absolute atomic E-state index is 0.0922. The van der Waals surface area contributed by atoms with Crippen LogP contribution in [0.3, 0.4) is 0 Å². The Bertz CT molecular complexity index is 437. The van der Waals surface area contributed by atoms with E-state index in [4.69, 9.17) is 5.84 Å². The molecular formula is C13H21N5O. The molecule has 19 heavy (non-hydrogen) atoms. The summed E-state index contributed by atoms with van der Waals surface area (Å²) in [6, 6.07) is 3.76. The van der Waals surface area contributed by atoms with Crippen molar-refractivity contribution in [3.8, 4) is 0 Å². The zero-order valence-corrected chi connectivity index (χ0v) is 11.2. The number of hydrazine groups is 1. The Morgan fingerprint density at radius 2 is 2.47 bits per heavy atom. The molecule has 4 N–H and O–H groups in total. The average Bonchev–Trinajstić information content (AvgIpc) is 2.47. The van der Waals surface area contributed by atoms with Gasteiger partial charge in [-0.2, -0.15) is 0 Å². The van der Waals surface area contributed by atoms with Crippen molar-refractivity contribution in [3.63, 3.8) is 0 Å². The van der Waals surface area contributed by atoms with Crippen LogP contribution < -0.4 is 16.6 Å². The highest BCUT2D eigenvalue weighted by molar-refractivity contribution is 5.78. The number of aromatic nitrogens is 1. The number of carbonyl (C=O) groups excluding carboxylic acids is 1. The standard InChI is InChI=1S/C13H21N5O/c1-15-13(19)10-3-2-6-18(8-10)9-12-7-11(17-14)4-5-16-12/h4-5,7,10H,2-3,6,8-9,14H2,1H3,(H,15,19)(H,16,17). The van der Waals surface area contributed by atoms with E-state index >= 15 is 0 Å². The Morgan fingerprint density at radius 3 is 3.21 bits per heavy atom. The lowest BCUT2D eigenvalue weighted by molar-refractivity contribution is -0.126. The highest BCUT2D eigenvalue weighted by atomic mass is 16.1. The number of anilines is 1. The summed E-state index contributed by atoms with van der Waals surface area (Å²) in [6.07, 6.45) is 3.76. The fourth-order valence-corrected chi connectivity index (χ4v) is 2.50. The Balaban J connectivity index is 1.96. The van der Waals surface area contributed by atoms with Crippen LogP contribution in [-0.2, 0) is 11.3 Å². The molecule has 0 aromatic carbocycles. The van der Waals surface area contributed by atoms with E-state index in [-0.39, 0.29) is 11.8 Å². The molecule has 0 saturated carbocycles. The predicted molar refractivity (Wildman–Crippen MR) is 74.1 cm³/mol. The van der Waals surface area contributed by atoms with Crippen LogP contribution in [-0.4, -0.2) is 35.9 Å². The number of hydrogen-bond donors (Lipinski definition) is 3. The van der Waals surface area contributed by atoms with E-state index in [0.717, 1.165) is 43.9 Å². The zero-order valence-electron chi connectivity index (χ0n) is 11.2. The van der Waals surface area contributed by atoms with Gasteiger partial charge in [-0.05, 0) is 31.5 Å². The Kier molecular flexibility index (Phi) is 4.70. The summed E-state index contributed by atoms with van der Waals surface area (Å²) in [5.41, 5.74) is 4.44. The van der Waals surface area contributed by atoms with Crippen LogP contribution in [0.15, 0.2) is 18.3 Å². The first kappa shape index (κ1) is 13.8. The molecule has 1 aromatic heterocycles. The van der Waals surface area contributed by atoms with E-state index in [1.165, 1.54) is 0 Å². The van der Waals surface area contributed by atoms with Gasteiger partial charge in [0.25, 0.3) is 0 Å². The second kappa shape index (κ2) is 6.49. The van der Waals surface area contributed by atoms with Crippen LogP contribution in [0.25, 0.3) is 0 Å². The first-order chi connectivity index (χ1) is 9.22. The van der Waals surface area contributed by atoms with Gasteiger partial charge in [-0.15, -0.1) is 0 Å². The number of pyridine rings is 1. The van der Waals surface area contributed by atoms with Gasteiger partial charge in [-0.1, -0.05) is 0 Å². The van der Waals surface area contributed by atoms with E-state index in [2.05, 4.69) is 20.6 Å². The maximum atomic E-state index is 11.7. The minimum Gasteiger partial charge on any atom is -0.359 e. The maximum absolute atomic E-state index is 11.7. The van der Waals surface area contributed by atoms with Crippen molar-refractivity contribution in [1.82, 2.24) is 15.2 Å². The van der Waals surface area contributed by atoms with Crippen LogP contribution in [0, 0.1) is 5.92 Å². The Hall–Kier alpha value is -1.66. The van der Waals surface area contributed by atoms with Crippen LogP contribution in [0.2, 0.25) is 0 Å². The van der Waals surface area contributed by atoms with Gasteiger partial charge in [-0.3, -0.25) is 20.5 Å². The second-order valence-corrected chi connectivity index (χ2v) is 4.87. The van der Waals surface area contributed by atoms with Gasteiger partial charge in [0.05, 0.1) is 17.3 Å². The minimum atomic E-state index is 0.0922. The summed E-state index contributed by atoms with van der Waals surface area (Å²) in [6.45, 7) is 2.56. The summed E-state index contributed by atoms with van der Waals surface area (Å²) < 4.78 is 0. The highest BCUT2D eigenvalue weighted by Gasteiger charge is 2.25. The molecule has 104 valence electrons. The summed E-state index contributed by atoms with van der Waals surface area (Å²) in [5, 5.41) is 2.73. The number of rotatable bonds is 4. The van der Waals surface area contributed by atoms with E-state index in [1.807, 2.05) is 12.1 Å². The second-order valence-electron chi connectivity index (χ2n) is 4.87. The van der Waals surface area contributed by atoms with E-state index < -0.39 is 0 Å². The lowest BCUT2D eigenvalue weighted by Gasteiger charge is -2.31. The van der Waals surface area contributed by atoms with Crippen molar-refractivity contribution in [2.75, 3.05) is 25.6 Å². The highest BCUT2D eigenvalue weighted by Crippen LogP contribution is 2.18. The summed E-state index contributed by atoms with van der Waals surface area (Å²) in [5.74, 6) is 5.61. The quantitative estimate of drug-likeness (QED) is 0.538. The van der Waals surface area contributed by atoms with Gasteiger partial charge in [0.2, 0.25) is 5.91 Å². The molecule has 2 heterocycles. The Labute approximate surface area is 113 Å². The molecule has 0 bridgehead atoms. The van der Waals surface area contributed by atoms with Crippen molar-refractivity contribution >= 4 is 11.6 Å². The molecular weight excluding hydrogens is 242 g/mol. The van der Waals surface area contributed by atoms with Crippen molar-refractivity contribution in [2.24, 2.45) is 11.8 Å². The number of carbonyl (C=O) groups is 1. The topological polar surface area (TPSA) is 83.3 Å². The van der Waals surface area contributed by atoms with Crippen molar-refractivity contribution in [1.29, 1.82) is 0 Å². The van der Waals surface area contributed by atoms with Crippen LogP contribution in [0.4, 0.5) is 5.69 Å². The summed E-state index contributed by atoms with van der Waals surface area (Å²) in [4.78, 5) is 18.3. The Morgan fingerprint density at radius 1 is 1.63 bits per heavy atom. The van der Waals surface area contributed by atoms with Crippen LogP contribution in [0.1, 0.15) is 18.5 Å². The van der Waals surface area contributed by atoms with Crippen LogP contribution in [0.5, 0.6) is 0 Å². The number of nitrogens with two attached hydrogens (primary N) is 1. The number of nitrogens with zero attached hydrogens (tertiary/aromatic N) is 2. The smallest absolute Gasteiger partial charge is 0.224 e.